The summed E-state index contributed by atoms with van der Waals surface area (Å²) in [5.74, 6) is 1.52. The van der Waals surface area contributed by atoms with Gasteiger partial charge in [-0.2, -0.15) is 0 Å². The first-order valence-corrected chi connectivity index (χ1v) is 9.11. The second-order valence-corrected chi connectivity index (χ2v) is 6.41. The number of hydrogen-bond acceptors (Lipinski definition) is 5. The van der Waals surface area contributed by atoms with Crippen LogP contribution in [0.25, 0.3) is 0 Å². The molecule has 1 heterocycles. The highest BCUT2D eigenvalue weighted by Crippen LogP contribution is 2.25. The Morgan fingerprint density at radius 1 is 1.07 bits per heavy atom. The minimum absolute atomic E-state index is 0.0299. The molecule has 2 amide bonds. The molecule has 0 aliphatic carbocycles. The number of carbonyl (C=O) groups is 2. The molecule has 0 spiro atoms. The third-order valence-corrected chi connectivity index (χ3v) is 4.53. The Labute approximate surface area is 164 Å². The molecule has 1 aliphatic heterocycles. The van der Waals surface area contributed by atoms with E-state index in [9.17, 15) is 9.59 Å². The van der Waals surface area contributed by atoms with Crippen LogP contribution in [0.2, 0.25) is 0 Å². The summed E-state index contributed by atoms with van der Waals surface area (Å²) in [6.45, 7) is 2.92. The highest BCUT2D eigenvalue weighted by molar-refractivity contribution is 5.99. The summed E-state index contributed by atoms with van der Waals surface area (Å²) in [5, 5.41) is 2.92. The lowest BCUT2D eigenvalue weighted by molar-refractivity contribution is -0.117. The van der Waals surface area contributed by atoms with Gasteiger partial charge < -0.3 is 24.4 Å². The van der Waals surface area contributed by atoms with Crippen molar-refractivity contribution in [3.8, 4) is 17.2 Å². The van der Waals surface area contributed by atoms with Crippen LogP contribution in [-0.2, 0) is 4.79 Å². The van der Waals surface area contributed by atoms with Crippen molar-refractivity contribution in [2.24, 2.45) is 0 Å². The van der Waals surface area contributed by atoms with Crippen LogP contribution < -0.4 is 24.4 Å². The highest BCUT2D eigenvalue weighted by Gasteiger charge is 2.32. The van der Waals surface area contributed by atoms with Crippen LogP contribution in [0.5, 0.6) is 17.2 Å². The third kappa shape index (κ3) is 4.36. The number of amides is 2. The zero-order chi connectivity index (χ0) is 20.1. The quantitative estimate of drug-likeness (QED) is 0.794. The Hall–Kier alpha value is -3.22. The molecule has 148 valence electrons. The highest BCUT2D eigenvalue weighted by atomic mass is 16.5. The Balaban J connectivity index is 1.67. The van der Waals surface area contributed by atoms with Crippen LogP contribution in [0, 0.1) is 0 Å². The van der Waals surface area contributed by atoms with E-state index >= 15 is 0 Å². The molecule has 1 fully saturated rings. The largest absolute Gasteiger partial charge is 0.497 e. The molecule has 1 aliphatic rings. The van der Waals surface area contributed by atoms with E-state index in [0.29, 0.717) is 30.2 Å². The van der Waals surface area contributed by atoms with Crippen molar-refractivity contribution in [2.75, 3.05) is 32.3 Å². The maximum Gasteiger partial charge on any atom is 0.251 e. The molecule has 28 heavy (non-hydrogen) atoms. The molecule has 7 nitrogen and oxygen atoms in total. The zero-order valence-corrected chi connectivity index (χ0v) is 16.2. The minimum Gasteiger partial charge on any atom is -0.497 e. The summed E-state index contributed by atoms with van der Waals surface area (Å²) in [7, 11) is 3.06. The van der Waals surface area contributed by atoms with Crippen LogP contribution >= 0.6 is 0 Å². The van der Waals surface area contributed by atoms with Gasteiger partial charge >= 0.3 is 0 Å². The van der Waals surface area contributed by atoms with Crippen molar-refractivity contribution in [1.29, 1.82) is 0 Å². The molecule has 2 aromatic carbocycles. The summed E-state index contributed by atoms with van der Waals surface area (Å²) in [4.78, 5) is 26.7. The number of methoxy groups -OCH3 is 2. The number of hydrogen-bond donors (Lipinski definition) is 1. The number of carbonyl (C=O) groups excluding carboxylic acids is 2. The summed E-state index contributed by atoms with van der Waals surface area (Å²) in [6.07, 6.45) is 0.250. The van der Waals surface area contributed by atoms with Crippen molar-refractivity contribution in [3.63, 3.8) is 0 Å². The first kappa shape index (κ1) is 19.5. The van der Waals surface area contributed by atoms with Gasteiger partial charge in [0.25, 0.3) is 5.91 Å². The standard InChI is InChI=1S/C21H24N2O5/c1-4-28-17-7-5-16(6-8-17)23-13-15(11-20(23)24)22-21(25)14-9-18(26-2)12-19(10-14)27-3/h5-10,12,15H,4,11,13H2,1-3H3,(H,22,25)/t15-/m0/s1. The monoisotopic (exact) mass is 384 g/mol. The van der Waals surface area contributed by atoms with Gasteiger partial charge in [-0.3, -0.25) is 9.59 Å². The fourth-order valence-electron chi connectivity index (χ4n) is 3.15. The van der Waals surface area contributed by atoms with E-state index in [1.807, 2.05) is 31.2 Å². The van der Waals surface area contributed by atoms with Gasteiger partial charge in [0.15, 0.2) is 0 Å². The van der Waals surface area contributed by atoms with Crippen molar-refractivity contribution in [2.45, 2.75) is 19.4 Å². The first-order valence-electron chi connectivity index (χ1n) is 9.11. The van der Waals surface area contributed by atoms with Gasteiger partial charge in [0, 0.05) is 30.3 Å². The molecular weight excluding hydrogens is 360 g/mol. The molecule has 1 N–H and O–H groups in total. The zero-order valence-electron chi connectivity index (χ0n) is 16.2. The number of benzene rings is 2. The van der Waals surface area contributed by atoms with E-state index in [2.05, 4.69) is 5.32 Å². The summed E-state index contributed by atoms with van der Waals surface area (Å²) in [6, 6.07) is 12.1. The Kier molecular flexibility index (Phi) is 6.03. The molecule has 3 rings (SSSR count). The number of nitrogens with one attached hydrogen (secondary N) is 1. The van der Waals surface area contributed by atoms with E-state index in [4.69, 9.17) is 14.2 Å². The summed E-state index contributed by atoms with van der Waals surface area (Å²) in [5.41, 5.74) is 1.21. The second kappa shape index (κ2) is 8.65. The fourth-order valence-corrected chi connectivity index (χ4v) is 3.15. The lowest BCUT2D eigenvalue weighted by atomic mass is 10.1. The number of ether oxygens (including phenoxy) is 3. The summed E-state index contributed by atoms with van der Waals surface area (Å²) >= 11 is 0. The van der Waals surface area contributed by atoms with Crippen molar-refractivity contribution < 1.29 is 23.8 Å². The van der Waals surface area contributed by atoms with Crippen molar-refractivity contribution in [1.82, 2.24) is 5.32 Å². The maximum atomic E-state index is 12.6. The average Bonchev–Trinajstić information content (AvgIpc) is 3.08. The van der Waals surface area contributed by atoms with Gasteiger partial charge in [-0.15, -0.1) is 0 Å². The molecule has 0 aromatic heterocycles. The van der Waals surface area contributed by atoms with Crippen molar-refractivity contribution >= 4 is 17.5 Å². The van der Waals surface area contributed by atoms with Gasteiger partial charge in [-0.05, 0) is 43.3 Å². The van der Waals surface area contributed by atoms with Gasteiger partial charge in [0.2, 0.25) is 5.91 Å². The van der Waals surface area contributed by atoms with E-state index in [-0.39, 0.29) is 24.3 Å². The normalized spacial score (nSPS) is 16.0. The maximum absolute atomic E-state index is 12.6. The number of nitrogens with zero attached hydrogens (tertiary/aromatic N) is 1. The minimum atomic E-state index is -0.274. The molecule has 1 atom stereocenters. The number of anilines is 1. The van der Waals surface area contributed by atoms with Crippen LogP contribution in [0.4, 0.5) is 5.69 Å². The van der Waals surface area contributed by atoms with E-state index < -0.39 is 0 Å². The molecule has 7 heteroatoms. The average molecular weight is 384 g/mol. The lowest BCUT2D eigenvalue weighted by Crippen LogP contribution is -2.37. The van der Waals surface area contributed by atoms with Crippen LogP contribution in [0.3, 0.4) is 0 Å². The Bertz CT molecular complexity index is 828. The van der Waals surface area contributed by atoms with E-state index in [1.165, 1.54) is 14.2 Å². The van der Waals surface area contributed by atoms with Gasteiger partial charge in [-0.1, -0.05) is 0 Å². The lowest BCUT2D eigenvalue weighted by Gasteiger charge is -2.18. The molecule has 0 saturated carbocycles. The smallest absolute Gasteiger partial charge is 0.251 e. The predicted molar refractivity (Wildman–Crippen MR) is 105 cm³/mol. The first-order chi connectivity index (χ1) is 13.5. The molecule has 1 saturated heterocycles. The van der Waals surface area contributed by atoms with Crippen LogP contribution in [-0.4, -0.2) is 45.2 Å². The van der Waals surface area contributed by atoms with Gasteiger partial charge in [0.1, 0.15) is 17.2 Å². The number of rotatable bonds is 7. The van der Waals surface area contributed by atoms with Gasteiger partial charge in [-0.25, -0.2) is 0 Å². The molecule has 0 radical (unpaired) electrons. The van der Waals surface area contributed by atoms with Crippen molar-refractivity contribution in [3.05, 3.63) is 48.0 Å². The molecule has 0 bridgehead atoms. The van der Waals surface area contributed by atoms with E-state index in [1.54, 1.807) is 23.1 Å². The SMILES string of the molecule is CCOc1ccc(N2C[C@@H](NC(=O)c3cc(OC)cc(OC)c3)CC2=O)cc1. The molecular formula is C21H24N2O5. The molecule has 0 unspecified atom stereocenters. The third-order valence-electron chi connectivity index (χ3n) is 4.53. The van der Waals surface area contributed by atoms with Crippen LogP contribution in [0.1, 0.15) is 23.7 Å². The Morgan fingerprint density at radius 2 is 1.71 bits per heavy atom. The van der Waals surface area contributed by atoms with E-state index in [0.717, 1.165) is 11.4 Å². The second-order valence-electron chi connectivity index (χ2n) is 6.41. The Morgan fingerprint density at radius 3 is 2.29 bits per heavy atom. The summed E-state index contributed by atoms with van der Waals surface area (Å²) < 4.78 is 15.8. The fraction of sp³-hybridized carbons (Fsp3) is 0.333. The predicted octanol–water partition coefficient (Wildman–Crippen LogP) is 2.64. The topological polar surface area (TPSA) is 77.1 Å². The molecule has 2 aromatic rings. The van der Waals surface area contributed by atoms with Gasteiger partial charge in [0.05, 0.1) is 26.9 Å². The van der Waals surface area contributed by atoms with Crippen LogP contribution in [0.15, 0.2) is 42.5 Å².